The molecule has 1 saturated heterocycles. The normalized spacial score (nSPS) is 51.3. The molecule has 1 heterocycles. The van der Waals surface area contributed by atoms with E-state index in [0.717, 1.165) is 11.8 Å². The molecule has 2 heteroatoms. The summed E-state index contributed by atoms with van der Waals surface area (Å²) in [6, 6.07) is 0. The van der Waals surface area contributed by atoms with Gasteiger partial charge >= 0.3 is 0 Å². The third-order valence-electron chi connectivity index (χ3n) is 5.41. The van der Waals surface area contributed by atoms with Crippen molar-refractivity contribution in [1.29, 1.82) is 0 Å². The average Bonchev–Trinajstić information content (AvgIpc) is 2.51. The van der Waals surface area contributed by atoms with Gasteiger partial charge in [0.05, 0.1) is 18.3 Å². The molecule has 1 N–H and O–H groups in total. The summed E-state index contributed by atoms with van der Waals surface area (Å²) in [5, 5.41) is 10.8. The standard InChI is InChI=1S/C16H30O2/c1-9-6-10(2)8-14(7-9)16(17)15-11(3)12(4)18-13(15)5/h9-17H,6-8H2,1-5H3. The molecule has 0 amide bonds. The summed E-state index contributed by atoms with van der Waals surface area (Å²) >= 11 is 0. The highest BCUT2D eigenvalue weighted by Crippen LogP contribution is 2.42. The Bertz CT molecular complexity index is 268. The van der Waals surface area contributed by atoms with Crippen molar-refractivity contribution < 1.29 is 9.84 Å². The van der Waals surface area contributed by atoms with Gasteiger partial charge < -0.3 is 9.84 Å². The van der Waals surface area contributed by atoms with E-state index in [1.807, 2.05) is 0 Å². The Morgan fingerprint density at radius 3 is 1.89 bits per heavy atom. The number of aliphatic hydroxyl groups is 1. The third-order valence-corrected chi connectivity index (χ3v) is 5.41. The van der Waals surface area contributed by atoms with Gasteiger partial charge in [-0.3, -0.25) is 0 Å². The van der Waals surface area contributed by atoms with Crippen molar-refractivity contribution in [3.8, 4) is 0 Å². The largest absolute Gasteiger partial charge is 0.392 e. The second-order valence-electron chi connectivity index (χ2n) is 7.15. The van der Waals surface area contributed by atoms with Gasteiger partial charge in [0.25, 0.3) is 0 Å². The maximum Gasteiger partial charge on any atom is 0.0624 e. The van der Waals surface area contributed by atoms with Crippen molar-refractivity contribution in [3.63, 3.8) is 0 Å². The lowest BCUT2D eigenvalue weighted by Gasteiger charge is -2.38. The van der Waals surface area contributed by atoms with Crippen molar-refractivity contribution in [2.75, 3.05) is 0 Å². The number of hydrogen-bond donors (Lipinski definition) is 1. The van der Waals surface area contributed by atoms with Crippen molar-refractivity contribution in [1.82, 2.24) is 0 Å². The Kier molecular flexibility index (Phi) is 4.38. The van der Waals surface area contributed by atoms with Gasteiger partial charge in [-0.2, -0.15) is 0 Å². The van der Waals surface area contributed by atoms with Crippen LogP contribution in [0.15, 0.2) is 0 Å². The molecular weight excluding hydrogens is 224 g/mol. The van der Waals surface area contributed by atoms with E-state index in [1.54, 1.807) is 0 Å². The smallest absolute Gasteiger partial charge is 0.0624 e. The van der Waals surface area contributed by atoms with Crippen LogP contribution in [0.1, 0.15) is 53.9 Å². The molecule has 0 aromatic rings. The fourth-order valence-electron chi connectivity index (χ4n) is 4.48. The maximum atomic E-state index is 10.8. The van der Waals surface area contributed by atoms with Crippen LogP contribution in [-0.2, 0) is 4.74 Å². The summed E-state index contributed by atoms with van der Waals surface area (Å²) in [6.07, 6.45) is 4.03. The van der Waals surface area contributed by atoms with Gasteiger partial charge in [0.1, 0.15) is 0 Å². The molecule has 0 radical (unpaired) electrons. The van der Waals surface area contributed by atoms with Crippen LogP contribution in [0.25, 0.3) is 0 Å². The SMILES string of the molecule is CC1CC(C)CC(C(O)C2C(C)OC(C)C2C)C1. The molecule has 2 nitrogen and oxygen atoms in total. The van der Waals surface area contributed by atoms with Crippen molar-refractivity contribution in [2.45, 2.75) is 72.2 Å². The Hall–Kier alpha value is -0.0800. The summed E-state index contributed by atoms with van der Waals surface area (Å²) < 4.78 is 5.89. The van der Waals surface area contributed by atoms with Crippen LogP contribution >= 0.6 is 0 Å². The fraction of sp³-hybridized carbons (Fsp3) is 1.00. The van der Waals surface area contributed by atoms with Gasteiger partial charge in [-0.25, -0.2) is 0 Å². The first-order valence-corrected chi connectivity index (χ1v) is 7.73. The highest BCUT2D eigenvalue weighted by atomic mass is 16.5. The molecular formula is C16H30O2. The van der Waals surface area contributed by atoms with Gasteiger partial charge in [0.2, 0.25) is 0 Å². The number of rotatable bonds is 2. The Labute approximate surface area is 112 Å². The molecule has 18 heavy (non-hydrogen) atoms. The Morgan fingerprint density at radius 2 is 1.44 bits per heavy atom. The fourth-order valence-corrected chi connectivity index (χ4v) is 4.48. The number of aliphatic hydroxyl groups excluding tert-OH is 1. The molecule has 1 aliphatic carbocycles. The van der Waals surface area contributed by atoms with Crippen LogP contribution in [-0.4, -0.2) is 23.4 Å². The summed E-state index contributed by atoms with van der Waals surface area (Å²) in [5.74, 6) is 2.80. The predicted octanol–water partition coefficient (Wildman–Crippen LogP) is 3.48. The first-order valence-electron chi connectivity index (χ1n) is 7.73. The van der Waals surface area contributed by atoms with E-state index < -0.39 is 0 Å². The summed E-state index contributed by atoms with van der Waals surface area (Å²) in [5.41, 5.74) is 0. The van der Waals surface area contributed by atoms with Crippen LogP contribution in [0, 0.1) is 29.6 Å². The van der Waals surface area contributed by atoms with Crippen molar-refractivity contribution >= 4 is 0 Å². The molecule has 7 atom stereocenters. The predicted molar refractivity (Wildman–Crippen MR) is 74.3 cm³/mol. The Balaban J connectivity index is 2.04. The quantitative estimate of drug-likeness (QED) is 0.817. The van der Waals surface area contributed by atoms with E-state index in [2.05, 4.69) is 34.6 Å². The third kappa shape index (κ3) is 2.75. The van der Waals surface area contributed by atoms with Gasteiger partial charge in [0, 0.05) is 5.92 Å². The molecule has 0 spiro atoms. The van der Waals surface area contributed by atoms with Crippen molar-refractivity contribution in [3.05, 3.63) is 0 Å². The lowest BCUT2D eigenvalue weighted by Crippen LogP contribution is -2.39. The highest BCUT2D eigenvalue weighted by molar-refractivity contribution is 4.92. The lowest BCUT2D eigenvalue weighted by atomic mass is 9.69. The molecule has 106 valence electrons. The van der Waals surface area contributed by atoms with Crippen LogP contribution in [0.2, 0.25) is 0 Å². The summed E-state index contributed by atoms with van der Waals surface area (Å²) in [6.45, 7) is 11.2. The van der Waals surface area contributed by atoms with Crippen LogP contribution < -0.4 is 0 Å². The Morgan fingerprint density at radius 1 is 0.889 bits per heavy atom. The van der Waals surface area contributed by atoms with Crippen LogP contribution in [0.3, 0.4) is 0 Å². The van der Waals surface area contributed by atoms with Crippen LogP contribution in [0.5, 0.6) is 0 Å². The topological polar surface area (TPSA) is 29.5 Å². The summed E-state index contributed by atoms with van der Waals surface area (Å²) in [7, 11) is 0. The molecule has 0 aromatic heterocycles. The second-order valence-corrected chi connectivity index (χ2v) is 7.15. The summed E-state index contributed by atoms with van der Waals surface area (Å²) in [4.78, 5) is 0. The minimum atomic E-state index is -0.176. The number of hydrogen-bond acceptors (Lipinski definition) is 2. The highest BCUT2D eigenvalue weighted by Gasteiger charge is 2.44. The second kappa shape index (κ2) is 5.50. The van der Waals surface area contributed by atoms with E-state index >= 15 is 0 Å². The monoisotopic (exact) mass is 254 g/mol. The molecule has 2 aliphatic rings. The van der Waals surface area contributed by atoms with Gasteiger partial charge in [-0.05, 0) is 56.8 Å². The zero-order chi connectivity index (χ0) is 13.4. The molecule has 1 aliphatic heterocycles. The van der Waals surface area contributed by atoms with Gasteiger partial charge in [-0.1, -0.05) is 20.8 Å². The molecule has 0 bridgehead atoms. The van der Waals surface area contributed by atoms with Crippen LogP contribution in [0.4, 0.5) is 0 Å². The minimum Gasteiger partial charge on any atom is -0.392 e. The average molecular weight is 254 g/mol. The lowest BCUT2D eigenvalue weighted by molar-refractivity contribution is -0.0218. The molecule has 7 unspecified atom stereocenters. The number of ether oxygens (including phenoxy) is 1. The molecule has 1 saturated carbocycles. The minimum absolute atomic E-state index is 0.176. The maximum absolute atomic E-state index is 10.8. The van der Waals surface area contributed by atoms with E-state index in [0.29, 0.717) is 17.8 Å². The van der Waals surface area contributed by atoms with E-state index in [4.69, 9.17) is 4.74 Å². The van der Waals surface area contributed by atoms with Crippen molar-refractivity contribution in [2.24, 2.45) is 29.6 Å². The molecule has 2 rings (SSSR count). The first kappa shape index (κ1) is 14.3. The van der Waals surface area contributed by atoms with E-state index in [9.17, 15) is 5.11 Å². The van der Waals surface area contributed by atoms with E-state index in [1.165, 1.54) is 19.3 Å². The molecule has 0 aromatic carbocycles. The zero-order valence-electron chi connectivity index (χ0n) is 12.6. The molecule has 2 fully saturated rings. The zero-order valence-corrected chi connectivity index (χ0v) is 12.6. The van der Waals surface area contributed by atoms with E-state index in [-0.39, 0.29) is 18.3 Å². The van der Waals surface area contributed by atoms with Gasteiger partial charge in [-0.15, -0.1) is 0 Å². The van der Waals surface area contributed by atoms with Gasteiger partial charge in [0.15, 0.2) is 0 Å². The first-order chi connectivity index (χ1) is 8.40.